The van der Waals surface area contributed by atoms with Gasteiger partial charge in [0.25, 0.3) is 0 Å². The predicted octanol–water partition coefficient (Wildman–Crippen LogP) is 4.60. The summed E-state index contributed by atoms with van der Waals surface area (Å²) in [5.41, 5.74) is 7.98. The number of hydrogen-bond donors (Lipinski definition) is 1. The lowest BCUT2D eigenvalue weighted by Crippen LogP contribution is -2.61. The normalized spacial score (nSPS) is 49.0. The second-order valence-corrected chi connectivity index (χ2v) is 11.4. The first-order valence-corrected chi connectivity index (χ1v) is 11.3. The fourth-order valence-electron chi connectivity index (χ4n) is 8.23. The van der Waals surface area contributed by atoms with Crippen molar-refractivity contribution in [3.8, 4) is 0 Å². The number of carbonyl (C=O) groups excluding carboxylic acids is 1. The van der Waals surface area contributed by atoms with Crippen LogP contribution >= 0.6 is 0 Å². The second-order valence-electron chi connectivity index (χ2n) is 11.4. The van der Waals surface area contributed by atoms with Crippen LogP contribution < -0.4 is 5.73 Å². The summed E-state index contributed by atoms with van der Waals surface area (Å²) in [5, 5.41) is 0. The molecule has 4 bridgehead atoms. The summed E-state index contributed by atoms with van der Waals surface area (Å²) in [6.07, 6.45) is 17.6. The highest BCUT2D eigenvalue weighted by Gasteiger charge is 2.66. The molecule has 0 radical (unpaired) electrons. The van der Waals surface area contributed by atoms with Crippen molar-refractivity contribution in [1.29, 1.82) is 0 Å². The lowest BCUT2D eigenvalue weighted by atomic mass is 9.38. The van der Waals surface area contributed by atoms with E-state index in [1.165, 1.54) is 24.8 Å². The third-order valence-corrected chi connectivity index (χ3v) is 9.01. The van der Waals surface area contributed by atoms with Crippen LogP contribution in [0, 0.1) is 27.6 Å². The topological polar surface area (TPSA) is 46.3 Å². The molecule has 1 amide bonds. The molecule has 6 atom stereocenters. The van der Waals surface area contributed by atoms with Gasteiger partial charge in [-0.15, -0.1) is 0 Å². The van der Waals surface area contributed by atoms with E-state index in [-0.39, 0.29) is 16.2 Å². The molecule has 5 saturated carbocycles. The Labute approximate surface area is 170 Å². The van der Waals surface area contributed by atoms with Crippen molar-refractivity contribution in [2.24, 2.45) is 33.3 Å². The minimum Gasteiger partial charge on any atom is -0.342 e. The van der Waals surface area contributed by atoms with Gasteiger partial charge in [-0.2, -0.15) is 0 Å². The van der Waals surface area contributed by atoms with E-state index in [0.717, 1.165) is 45.2 Å². The number of rotatable bonds is 4. The maximum Gasteiger partial charge on any atom is 0.228 e. The monoisotopic (exact) mass is 380 g/mol. The average molecular weight is 381 g/mol. The molecular formula is C25H36N2O. The standard InChI is InChI=1S/C25H36N2O/c1-4-5-6-7-18(2)24-11-19-10-22(3,14-24)15-25(12-19,16-24)21(28)27-9-8-23(17-27)13-20(23)26/h4-7,19-20H,2,8-17,26H2,1,3H3/b5-4-,7-6-/t19?,20?,22-,23?,24-,25?/m1/s1. The molecule has 6 fully saturated rings. The van der Waals surface area contributed by atoms with Crippen molar-refractivity contribution in [3.63, 3.8) is 0 Å². The molecule has 0 aromatic rings. The maximum atomic E-state index is 13.9. The zero-order valence-corrected chi connectivity index (χ0v) is 17.7. The Morgan fingerprint density at radius 3 is 2.46 bits per heavy atom. The highest BCUT2D eigenvalue weighted by Crippen LogP contribution is 2.72. The minimum absolute atomic E-state index is 0.120. The van der Waals surface area contributed by atoms with E-state index in [9.17, 15) is 4.79 Å². The first-order chi connectivity index (χ1) is 13.2. The van der Waals surface area contributed by atoms with Crippen molar-refractivity contribution in [2.75, 3.05) is 13.1 Å². The summed E-state index contributed by atoms with van der Waals surface area (Å²) in [5.74, 6) is 1.13. The van der Waals surface area contributed by atoms with Crippen LogP contribution in [0.3, 0.4) is 0 Å². The number of amides is 1. The van der Waals surface area contributed by atoms with Crippen molar-refractivity contribution >= 4 is 5.91 Å². The molecule has 1 saturated heterocycles. The molecule has 1 aliphatic heterocycles. The van der Waals surface area contributed by atoms with E-state index in [1.54, 1.807) is 0 Å². The summed E-state index contributed by atoms with van der Waals surface area (Å²) >= 11 is 0. The van der Waals surface area contributed by atoms with Crippen LogP contribution in [-0.2, 0) is 4.79 Å². The van der Waals surface area contributed by atoms with Gasteiger partial charge in [0.05, 0.1) is 5.41 Å². The predicted molar refractivity (Wildman–Crippen MR) is 113 cm³/mol. The second kappa shape index (κ2) is 5.84. The van der Waals surface area contributed by atoms with Crippen molar-refractivity contribution in [3.05, 3.63) is 36.5 Å². The number of allylic oxidation sites excluding steroid dienone is 5. The van der Waals surface area contributed by atoms with Gasteiger partial charge in [-0.1, -0.05) is 37.8 Å². The quantitative estimate of drug-likeness (QED) is 0.725. The van der Waals surface area contributed by atoms with E-state index in [0.29, 0.717) is 23.3 Å². The Hall–Kier alpha value is -1.35. The smallest absolute Gasteiger partial charge is 0.228 e. The van der Waals surface area contributed by atoms with E-state index >= 15 is 0 Å². The fraction of sp³-hybridized carbons (Fsp3) is 0.720. The molecule has 3 nitrogen and oxygen atoms in total. The molecule has 0 aromatic heterocycles. The van der Waals surface area contributed by atoms with Gasteiger partial charge >= 0.3 is 0 Å². The van der Waals surface area contributed by atoms with Crippen LogP contribution in [0.15, 0.2) is 36.5 Å². The van der Waals surface area contributed by atoms with Crippen molar-refractivity contribution in [2.45, 2.75) is 71.3 Å². The SMILES string of the molecule is C=C(/C=C\C=C/C)[C@]12CC3CC(C(=O)N4CCC5(CC5N)C4)(C[C@](C)(C3)C1)C2. The molecule has 4 unspecified atom stereocenters. The van der Waals surface area contributed by atoms with E-state index in [2.05, 4.69) is 42.7 Å². The number of nitrogens with two attached hydrogens (primary N) is 1. The Morgan fingerprint density at radius 1 is 1.11 bits per heavy atom. The number of likely N-dealkylation sites (tertiary alicyclic amines) is 1. The zero-order chi connectivity index (χ0) is 19.8. The molecule has 6 aliphatic rings. The molecule has 0 aromatic carbocycles. The van der Waals surface area contributed by atoms with Crippen LogP contribution in [0.1, 0.15) is 65.2 Å². The van der Waals surface area contributed by atoms with Gasteiger partial charge in [0.1, 0.15) is 0 Å². The lowest BCUT2D eigenvalue weighted by Gasteiger charge is -2.66. The maximum absolute atomic E-state index is 13.9. The Kier molecular flexibility index (Phi) is 3.89. The third kappa shape index (κ3) is 2.61. The van der Waals surface area contributed by atoms with E-state index in [4.69, 9.17) is 5.73 Å². The van der Waals surface area contributed by atoms with E-state index < -0.39 is 0 Å². The van der Waals surface area contributed by atoms with Gasteiger partial charge in [-0.05, 0) is 80.6 Å². The largest absolute Gasteiger partial charge is 0.342 e. The van der Waals surface area contributed by atoms with Gasteiger partial charge < -0.3 is 10.6 Å². The Bertz CT molecular complexity index is 783. The molecule has 1 heterocycles. The van der Waals surface area contributed by atoms with Gasteiger partial charge in [-0.25, -0.2) is 0 Å². The average Bonchev–Trinajstić information content (AvgIpc) is 3.04. The molecule has 6 rings (SSSR count). The van der Waals surface area contributed by atoms with Gasteiger partial charge in [0.2, 0.25) is 5.91 Å². The molecule has 3 heteroatoms. The number of hydrogen-bond acceptors (Lipinski definition) is 2. The van der Waals surface area contributed by atoms with Crippen LogP contribution in [0.2, 0.25) is 0 Å². The molecular weight excluding hydrogens is 344 g/mol. The summed E-state index contributed by atoms with van der Waals surface area (Å²) in [4.78, 5) is 16.1. The van der Waals surface area contributed by atoms with E-state index in [1.807, 2.05) is 6.92 Å². The Morgan fingerprint density at radius 2 is 1.82 bits per heavy atom. The molecule has 28 heavy (non-hydrogen) atoms. The van der Waals surface area contributed by atoms with Crippen LogP contribution in [0.5, 0.6) is 0 Å². The van der Waals surface area contributed by atoms with Gasteiger partial charge in [-0.3, -0.25) is 4.79 Å². The van der Waals surface area contributed by atoms with Crippen LogP contribution in [0.25, 0.3) is 0 Å². The third-order valence-electron chi connectivity index (χ3n) is 9.01. The molecule has 5 aliphatic carbocycles. The highest BCUT2D eigenvalue weighted by molar-refractivity contribution is 5.84. The van der Waals surface area contributed by atoms with Crippen LogP contribution in [-0.4, -0.2) is 29.9 Å². The molecule has 1 spiro atoms. The molecule has 2 N–H and O–H groups in total. The first kappa shape index (κ1) is 18.7. The first-order valence-electron chi connectivity index (χ1n) is 11.3. The van der Waals surface area contributed by atoms with Crippen molar-refractivity contribution in [1.82, 2.24) is 4.90 Å². The summed E-state index contributed by atoms with van der Waals surface area (Å²) in [7, 11) is 0. The number of carbonyl (C=O) groups is 1. The summed E-state index contributed by atoms with van der Waals surface area (Å²) in [6, 6.07) is 0.321. The van der Waals surface area contributed by atoms with Crippen LogP contribution in [0.4, 0.5) is 0 Å². The lowest BCUT2D eigenvalue weighted by molar-refractivity contribution is -0.175. The zero-order valence-electron chi connectivity index (χ0n) is 17.7. The highest BCUT2D eigenvalue weighted by atomic mass is 16.2. The van der Waals surface area contributed by atoms with Gasteiger partial charge in [0, 0.05) is 24.5 Å². The summed E-state index contributed by atoms with van der Waals surface area (Å²) in [6.45, 7) is 10.8. The van der Waals surface area contributed by atoms with Gasteiger partial charge in [0.15, 0.2) is 0 Å². The van der Waals surface area contributed by atoms with Crippen molar-refractivity contribution < 1.29 is 4.79 Å². The fourth-order valence-corrected chi connectivity index (χ4v) is 8.23. The Balaban J connectivity index is 1.44. The number of nitrogens with zero attached hydrogens (tertiary/aromatic N) is 1. The molecule has 152 valence electrons. The minimum atomic E-state index is -0.157. The summed E-state index contributed by atoms with van der Waals surface area (Å²) < 4.78 is 0.